The van der Waals surface area contributed by atoms with E-state index in [0.29, 0.717) is 29.4 Å². The van der Waals surface area contributed by atoms with E-state index in [2.05, 4.69) is 16.0 Å². The molecule has 2 amide bonds. The van der Waals surface area contributed by atoms with Crippen LogP contribution in [0, 0.1) is 10.1 Å². The van der Waals surface area contributed by atoms with E-state index < -0.39 is 11.0 Å². The number of hydrogen-bond donors (Lipinski definition) is 3. The van der Waals surface area contributed by atoms with Crippen LogP contribution in [0.15, 0.2) is 42.5 Å². The summed E-state index contributed by atoms with van der Waals surface area (Å²) >= 11 is 0. The summed E-state index contributed by atoms with van der Waals surface area (Å²) in [5.41, 5.74) is 1.21. The summed E-state index contributed by atoms with van der Waals surface area (Å²) in [6.45, 7) is 5.17. The van der Waals surface area contributed by atoms with E-state index >= 15 is 0 Å². The molecule has 0 spiro atoms. The molecule has 2 rings (SSSR count). The Bertz CT molecular complexity index is 837. The van der Waals surface area contributed by atoms with Gasteiger partial charge in [0.2, 0.25) is 0 Å². The van der Waals surface area contributed by atoms with E-state index in [-0.39, 0.29) is 11.8 Å². The van der Waals surface area contributed by atoms with Crippen molar-refractivity contribution in [2.24, 2.45) is 0 Å². The first-order chi connectivity index (χ1) is 13.7. The van der Waals surface area contributed by atoms with Crippen molar-refractivity contribution in [2.45, 2.75) is 20.0 Å². The number of carbonyl (C=O) groups is 1. The molecule has 0 saturated heterocycles. The molecule has 0 aliphatic carbocycles. The Balaban J connectivity index is 2.00. The predicted molar refractivity (Wildman–Crippen MR) is 115 cm³/mol. The van der Waals surface area contributed by atoms with Crippen molar-refractivity contribution in [3.05, 3.63) is 52.6 Å². The molecule has 156 valence electrons. The van der Waals surface area contributed by atoms with Crippen LogP contribution in [0.2, 0.25) is 0 Å². The van der Waals surface area contributed by atoms with Gasteiger partial charge in [0.05, 0.1) is 11.0 Å². The second kappa shape index (κ2) is 10.3. The molecular weight excluding hydrogens is 374 g/mol. The quantitative estimate of drug-likeness (QED) is 0.433. The molecule has 0 radical (unpaired) electrons. The first-order valence-corrected chi connectivity index (χ1v) is 9.26. The Hall–Kier alpha value is -3.33. The summed E-state index contributed by atoms with van der Waals surface area (Å²) in [6.07, 6.45) is 0.0632. The molecular formula is C20H27N5O4. The van der Waals surface area contributed by atoms with Crippen LogP contribution in [0.1, 0.15) is 13.8 Å². The van der Waals surface area contributed by atoms with Crippen molar-refractivity contribution < 1.29 is 14.5 Å². The number of carbonyl (C=O) groups excluding carboxylic acids is 1. The van der Waals surface area contributed by atoms with E-state index in [9.17, 15) is 14.9 Å². The Morgan fingerprint density at radius 1 is 1.10 bits per heavy atom. The van der Waals surface area contributed by atoms with Crippen molar-refractivity contribution in [1.29, 1.82) is 0 Å². The molecule has 0 heterocycles. The highest BCUT2D eigenvalue weighted by Gasteiger charge is 2.15. The lowest BCUT2D eigenvalue weighted by Gasteiger charge is -2.13. The van der Waals surface area contributed by atoms with Gasteiger partial charge in [-0.25, -0.2) is 4.79 Å². The zero-order valence-corrected chi connectivity index (χ0v) is 17.1. The summed E-state index contributed by atoms with van der Waals surface area (Å²) < 4.78 is 5.56. The zero-order valence-electron chi connectivity index (χ0n) is 17.1. The lowest BCUT2D eigenvalue weighted by molar-refractivity contribution is -0.383. The molecule has 0 saturated carbocycles. The Morgan fingerprint density at radius 3 is 2.31 bits per heavy atom. The highest BCUT2D eigenvalue weighted by atomic mass is 16.6. The highest BCUT2D eigenvalue weighted by molar-refractivity contribution is 6.00. The number of anilines is 3. The second-order valence-electron chi connectivity index (χ2n) is 6.99. The molecule has 2 aromatic rings. The number of amides is 2. The van der Waals surface area contributed by atoms with E-state index in [1.54, 1.807) is 36.4 Å². The average Bonchev–Trinajstić information content (AvgIpc) is 2.63. The fourth-order valence-electron chi connectivity index (χ4n) is 2.51. The van der Waals surface area contributed by atoms with Gasteiger partial charge in [0.1, 0.15) is 11.4 Å². The van der Waals surface area contributed by atoms with E-state index in [4.69, 9.17) is 4.74 Å². The minimum atomic E-state index is -0.495. The number of benzene rings is 2. The molecule has 2 aromatic carbocycles. The van der Waals surface area contributed by atoms with E-state index in [1.165, 1.54) is 6.07 Å². The minimum Gasteiger partial charge on any atom is -0.491 e. The molecule has 0 fully saturated rings. The Morgan fingerprint density at radius 2 is 1.72 bits per heavy atom. The predicted octanol–water partition coefficient (Wildman–Crippen LogP) is 4.00. The largest absolute Gasteiger partial charge is 0.491 e. The maximum absolute atomic E-state index is 12.2. The van der Waals surface area contributed by atoms with Gasteiger partial charge in [0.15, 0.2) is 0 Å². The number of urea groups is 1. The molecule has 0 aliphatic rings. The van der Waals surface area contributed by atoms with E-state index in [0.717, 1.165) is 6.54 Å². The minimum absolute atomic E-state index is 0.0632. The normalized spacial score (nSPS) is 10.7. The number of likely N-dealkylation sites (N-methyl/N-ethyl adjacent to an activating group) is 1. The molecule has 0 unspecified atom stereocenters. The Labute approximate surface area is 170 Å². The van der Waals surface area contributed by atoms with Crippen molar-refractivity contribution in [3.8, 4) is 5.75 Å². The molecule has 0 aliphatic heterocycles. The van der Waals surface area contributed by atoms with Gasteiger partial charge in [0.25, 0.3) is 5.69 Å². The molecule has 29 heavy (non-hydrogen) atoms. The third-order valence-electron chi connectivity index (χ3n) is 3.81. The monoisotopic (exact) mass is 401 g/mol. The molecule has 9 heteroatoms. The van der Waals surface area contributed by atoms with Crippen LogP contribution in [0.4, 0.5) is 27.5 Å². The summed E-state index contributed by atoms with van der Waals surface area (Å²) in [5.74, 6) is 0.707. The van der Waals surface area contributed by atoms with Gasteiger partial charge >= 0.3 is 6.03 Å². The fraction of sp³-hybridized carbons (Fsp3) is 0.350. The summed E-state index contributed by atoms with van der Waals surface area (Å²) in [5, 5.41) is 19.7. The number of hydrogen-bond acceptors (Lipinski definition) is 6. The van der Waals surface area contributed by atoms with Gasteiger partial charge in [-0.3, -0.25) is 10.1 Å². The number of nitrogens with zero attached hydrogens (tertiary/aromatic N) is 2. The van der Waals surface area contributed by atoms with Crippen LogP contribution in [0.5, 0.6) is 5.75 Å². The van der Waals surface area contributed by atoms with Gasteiger partial charge in [-0.2, -0.15) is 0 Å². The molecule has 3 N–H and O–H groups in total. The third kappa shape index (κ3) is 7.30. The number of nitro benzene ring substituents is 1. The molecule has 9 nitrogen and oxygen atoms in total. The topological polar surface area (TPSA) is 109 Å². The van der Waals surface area contributed by atoms with Gasteiger partial charge in [0, 0.05) is 30.5 Å². The van der Waals surface area contributed by atoms with Crippen LogP contribution in [0.25, 0.3) is 0 Å². The lowest BCUT2D eigenvalue weighted by atomic mass is 10.2. The van der Waals surface area contributed by atoms with Crippen molar-refractivity contribution >= 4 is 28.8 Å². The Kier molecular flexibility index (Phi) is 7.79. The SMILES string of the molecule is CC(C)Oc1ccc(NC(=O)Nc2ccc(NCCN(C)C)c([N+](=O)[O-])c2)cc1. The summed E-state index contributed by atoms with van der Waals surface area (Å²) in [7, 11) is 3.85. The van der Waals surface area contributed by atoms with Crippen LogP contribution < -0.4 is 20.7 Å². The second-order valence-corrected chi connectivity index (χ2v) is 6.99. The van der Waals surface area contributed by atoms with Gasteiger partial charge in [-0.1, -0.05) is 0 Å². The van der Waals surface area contributed by atoms with Gasteiger partial charge < -0.3 is 25.6 Å². The fourth-order valence-corrected chi connectivity index (χ4v) is 2.51. The van der Waals surface area contributed by atoms with Crippen LogP contribution >= 0.6 is 0 Å². The molecule has 0 atom stereocenters. The van der Waals surface area contributed by atoms with Gasteiger partial charge in [-0.05, 0) is 64.3 Å². The maximum atomic E-state index is 12.2. The first-order valence-electron chi connectivity index (χ1n) is 9.26. The van der Waals surface area contributed by atoms with Crippen molar-refractivity contribution in [2.75, 3.05) is 43.1 Å². The number of ether oxygens (including phenoxy) is 1. The standard InChI is InChI=1S/C20H27N5O4/c1-14(2)29-17-8-5-15(6-9-17)22-20(26)23-16-7-10-18(19(13-16)25(27)28)21-11-12-24(3)4/h5-10,13-14,21H,11-12H2,1-4H3,(H2,22,23,26). The van der Waals surface area contributed by atoms with Crippen LogP contribution in [-0.2, 0) is 0 Å². The maximum Gasteiger partial charge on any atom is 0.323 e. The summed E-state index contributed by atoms with van der Waals surface area (Å²) in [4.78, 5) is 25.1. The first kappa shape index (κ1) is 22.0. The molecule has 0 bridgehead atoms. The average molecular weight is 401 g/mol. The van der Waals surface area contributed by atoms with Crippen LogP contribution in [0.3, 0.4) is 0 Å². The third-order valence-corrected chi connectivity index (χ3v) is 3.81. The van der Waals surface area contributed by atoms with Crippen molar-refractivity contribution in [1.82, 2.24) is 4.90 Å². The highest BCUT2D eigenvalue weighted by Crippen LogP contribution is 2.28. The molecule has 0 aromatic heterocycles. The lowest BCUT2D eigenvalue weighted by Crippen LogP contribution is -2.21. The van der Waals surface area contributed by atoms with E-state index in [1.807, 2.05) is 32.8 Å². The van der Waals surface area contributed by atoms with Gasteiger partial charge in [-0.15, -0.1) is 0 Å². The summed E-state index contributed by atoms with van der Waals surface area (Å²) in [6, 6.07) is 11.0. The number of nitrogens with one attached hydrogen (secondary N) is 3. The smallest absolute Gasteiger partial charge is 0.323 e. The van der Waals surface area contributed by atoms with Crippen molar-refractivity contribution in [3.63, 3.8) is 0 Å². The zero-order chi connectivity index (χ0) is 21.4. The van der Waals surface area contributed by atoms with Crippen LogP contribution in [-0.4, -0.2) is 49.1 Å². The number of nitro groups is 1. The number of rotatable bonds is 9.